The van der Waals surface area contributed by atoms with E-state index in [2.05, 4.69) is 30.3 Å². The predicted molar refractivity (Wildman–Crippen MR) is 96.1 cm³/mol. The van der Waals surface area contributed by atoms with Gasteiger partial charge < -0.3 is 9.64 Å². The first-order valence-corrected chi connectivity index (χ1v) is 8.70. The average Bonchev–Trinajstić information content (AvgIpc) is 2.63. The normalized spacial score (nSPS) is 15.3. The Morgan fingerprint density at radius 3 is 2.42 bits per heavy atom. The van der Waals surface area contributed by atoms with Crippen LogP contribution in [0.5, 0.6) is 5.75 Å². The molecule has 1 amide bonds. The van der Waals surface area contributed by atoms with Gasteiger partial charge in [-0.3, -0.25) is 4.79 Å². The van der Waals surface area contributed by atoms with Crippen molar-refractivity contribution in [1.29, 1.82) is 0 Å². The molecule has 0 unspecified atom stereocenters. The largest absolute Gasteiger partial charge is 0.496 e. The molecule has 1 saturated heterocycles. The highest BCUT2D eigenvalue weighted by Gasteiger charge is 2.23. The molecule has 0 aliphatic carbocycles. The zero-order valence-corrected chi connectivity index (χ0v) is 14.3. The zero-order valence-electron chi connectivity index (χ0n) is 14.3. The van der Waals surface area contributed by atoms with Crippen molar-refractivity contribution in [2.75, 3.05) is 20.2 Å². The molecule has 2 aromatic rings. The van der Waals surface area contributed by atoms with Crippen LogP contribution in [0.4, 0.5) is 0 Å². The maximum Gasteiger partial charge on any atom is 0.227 e. The molecule has 1 aliphatic heterocycles. The summed E-state index contributed by atoms with van der Waals surface area (Å²) in [6.07, 6.45) is 3.72. The van der Waals surface area contributed by atoms with Gasteiger partial charge in [0.25, 0.3) is 0 Å². The molecule has 0 saturated carbocycles. The van der Waals surface area contributed by atoms with Crippen LogP contribution in [-0.4, -0.2) is 31.0 Å². The number of para-hydroxylation sites is 1. The summed E-state index contributed by atoms with van der Waals surface area (Å²) < 4.78 is 5.35. The molecule has 0 atom stereocenters. The molecule has 1 fully saturated rings. The van der Waals surface area contributed by atoms with Crippen molar-refractivity contribution in [3.8, 4) is 5.75 Å². The van der Waals surface area contributed by atoms with Gasteiger partial charge in [0, 0.05) is 18.7 Å². The topological polar surface area (TPSA) is 29.5 Å². The van der Waals surface area contributed by atoms with Gasteiger partial charge in [0.05, 0.1) is 13.5 Å². The molecule has 3 nitrogen and oxygen atoms in total. The van der Waals surface area contributed by atoms with Crippen LogP contribution in [0.15, 0.2) is 54.6 Å². The lowest BCUT2D eigenvalue weighted by Crippen LogP contribution is -2.39. The Bertz CT molecular complexity index is 661. The third-order valence-electron chi connectivity index (χ3n) is 4.87. The van der Waals surface area contributed by atoms with Crippen LogP contribution in [0, 0.1) is 5.92 Å². The number of likely N-dealkylation sites (tertiary alicyclic amines) is 1. The first-order valence-electron chi connectivity index (χ1n) is 8.70. The molecule has 0 spiro atoms. The minimum atomic E-state index is 0.206. The van der Waals surface area contributed by atoms with Gasteiger partial charge in [-0.05, 0) is 36.8 Å². The van der Waals surface area contributed by atoms with E-state index in [-0.39, 0.29) is 5.91 Å². The van der Waals surface area contributed by atoms with E-state index in [4.69, 9.17) is 4.74 Å². The highest BCUT2D eigenvalue weighted by atomic mass is 16.5. The summed E-state index contributed by atoms with van der Waals surface area (Å²) in [6, 6.07) is 18.4. The van der Waals surface area contributed by atoms with Crippen LogP contribution >= 0.6 is 0 Å². The Labute approximate surface area is 144 Å². The molecule has 0 N–H and O–H groups in total. The lowest BCUT2D eigenvalue weighted by atomic mass is 9.90. The Morgan fingerprint density at radius 2 is 1.71 bits per heavy atom. The molecule has 0 aromatic heterocycles. The molecule has 2 aromatic carbocycles. The van der Waals surface area contributed by atoms with Crippen molar-refractivity contribution in [2.24, 2.45) is 5.92 Å². The number of hydrogen-bond donors (Lipinski definition) is 0. The number of hydrogen-bond acceptors (Lipinski definition) is 2. The van der Waals surface area contributed by atoms with Crippen molar-refractivity contribution in [3.05, 3.63) is 65.7 Å². The SMILES string of the molecule is COc1ccccc1CC(=O)N1CCC(Cc2ccccc2)CC1. The van der Waals surface area contributed by atoms with E-state index in [1.165, 1.54) is 5.56 Å². The van der Waals surface area contributed by atoms with Gasteiger partial charge in [-0.15, -0.1) is 0 Å². The van der Waals surface area contributed by atoms with E-state index >= 15 is 0 Å². The first-order chi connectivity index (χ1) is 11.8. The number of amides is 1. The first kappa shape index (κ1) is 16.6. The monoisotopic (exact) mass is 323 g/mol. The van der Waals surface area contributed by atoms with Gasteiger partial charge in [-0.1, -0.05) is 48.5 Å². The Morgan fingerprint density at radius 1 is 1.04 bits per heavy atom. The van der Waals surface area contributed by atoms with Crippen LogP contribution in [0.3, 0.4) is 0 Å². The second-order valence-corrected chi connectivity index (χ2v) is 6.50. The summed E-state index contributed by atoms with van der Waals surface area (Å²) in [4.78, 5) is 14.6. The van der Waals surface area contributed by atoms with E-state index in [1.807, 2.05) is 29.2 Å². The minimum Gasteiger partial charge on any atom is -0.496 e. The van der Waals surface area contributed by atoms with E-state index in [0.29, 0.717) is 12.3 Å². The Hall–Kier alpha value is -2.29. The molecular formula is C21H25NO2. The second kappa shape index (κ2) is 8.00. The fourth-order valence-electron chi connectivity index (χ4n) is 3.46. The second-order valence-electron chi connectivity index (χ2n) is 6.50. The maximum atomic E-state index is 12.6. The minimum absolute atomic E-state index is 0.206. The Kier molecular flexibility index (Phi) is 5.52. The fraction of sp³-hybridized carbons (Fsp3) is 0.381. The van der Waals surface area contributed by atoms with Crippen LogP contribution in [0.2, 0.25) is 0 Å². The number of rotatable bonds is 5. The summed E-state index contributed by atoms with van der Waals surface area (Å²) in [6.45, 7) is 1.73. The molecule has 3 rings (SSSR count). The molecule has 126 valence electrons. The molecular weight excluding hydrogens is 298 g/mol. The van der Waals surface area contributed by atoms with Crippen LogP contribution in [-0.2, 0) is 17.6 Å². The van der Waals surface area contributed by atoms with Gasteiger partial charge in [0.2, 0.25) is 5.91 Å². The number of piperidine rings is 1. The van der Waals surface area contributed by atoms with Crippen LogP contribution in [0.25, 0.3) is 0 Å². The van der Waals surface area contributed by atoms with Crippen molar-refractivity contribution >= 4 is 5.91 Å². The fourth-order valence-corrected chi connectivity index (χ4v) is 3.46. The zero-order chi connectivity index (χ0) is 16.8. The molecule has 3 heteroatoms. The number of ether oxygens (including phenoxy) is 1. The van der Waals surface area contributed by atoms with Gasteiger partial charge in [-0.25, -0.2) is 0 Å². The van der Waals surface area contributed by atoms with Crippen LogP contribution < -0.4 is 4.74 Å². The summed E-state index contributed by atoms with van der Waals surface area (Å²) in [5.74, 6) is 1.69. The maximum absolute atomic E-state index is 12.6. The predicted octanol–water partition coefficient (Wildman–Crippen LogP) is 3.72. The van der Waals surface area contributed by atoms with E-state index < -0.39 is 0 Å². The van der Waals surface area contributed by atoms with Crippen molar-refractivity contribution < 1.29 is 9.53 Å². The summed E-state index contributed by atoms with van der Waals surface area (Å²) in [7, 11) is 1.65. The van der Waals surface area contributed by atoms with Crippen molar-refractivity contribution in [3.63, 3.8) is 0 Å². The average molecular weight is 323 g/mol. The molecule has 1 aliphatic rings. The standard InChI is InChI=1S/C21H25NO2/c1-24-20-10-6-5-9-19(20)16-21(23)22-13-11-18(12-14-22)15-17-7-3-2-4-8-17/h2-10,18H,11-16H2,1H3. The highest BCUT2D eigenvalue weighted by Crippen LogP contribution is 2.23. The molecule has 1 heterocycles. The highest BCUT2D eigenvalue weighted by molar-refractivity contribution is 5.79. The molecule has 0 bridgehead atoms. The lowest BCUT2D eigenvalue weighted by molar-refractivity contribution is -0.131. The molecule has 24 heavy (non-hydrogen) atoms. The quantitative estimate of drug-likeness (QED) is 0.839. The summed E-state index contributed by atoms with van der Waals surface area (Å²) in [5, 5.41) is 0. The third kappa shape index (κ3) is 4.16. The number of nitrogens with zero attached hydrogens (tertiary/aromatic N) is 1. The lowest BCUT2D eigenvalue weighted by Gasteiger charge is -2.32. The number of benzene rings is 2. The third-order valence-corrected chi connectivity index (χ3v) is 4.87. The number of methoxy groups -OCH3 is 1. The smallest absolute Gasteiger partial charge is 0.227 e. The number of carbonyl (C=O) groups excluding carboxylic acids is 1. The summed E-state index contributed by atoms with van der Waals surface area (Å²) >= 11 is 0. The Balaban J connectivity index is 1.52. The van der Waals surface area contributed by atoms with Crippen LogP contribution in [0.1, 0.15) is 24.0 Å². The van der Waals surface area contributed by atoms with Gasteiger partial charge in [0.15, 0.2) is 0 Å². The summed E-state index contributed by atoms with van der Waals surface area (Å²) in [5.41, 5.74) is 2.37. The van der Waals surface area contributed by atoms with Gasteiger partial charge >= 0.3 is 0 Å². The van der Waals surface area contributed by atoms with Crippen molar-refractivity contribution in [2.45, 2.75) is 25.7 Å². The molecule has 0 radical (unpaired) electrons. The number of carbonyl (C=O) groups is 1. The van der Waals surface area contributed by atoms with Gasteiger partial charge in [0.1, 0.15) is 5.75 Å². The van der Waals surface area contributed by atoms with Crippen molar-refractivity contribution in [1.82, 2.24) is 4.90 Å². The van der Waals surface area contributed by atoms with E-state index in [0.717, 1.165) is 43.7 Å². The van der Waals surface area contributed by atoms with Gasteiger partial charge in [-0.2, -0.15) is 0 Å². The van der Waals surface area contributed by atoms with E-state index in [9.17, 15) is 4.79 Å². The van der Waals surface area contributed by atoms with E-state index in [1.54, 1.807) is 7.11 Å².